The number of hydrogen-bond acceptors (Lipinski definition) is 3. The topological polar surface area (TPSA) is 78.9 Å². The van der Waals surface area contributed by atoms with Gasteiger partial charge in [-0.2, -0.15) is 0 Å². The monoisotopic (exact) mass is 275 g/mol. The average molecular weight is 275 g/mol. The van der Waals surface area contributed by atoms with E-state index in [-0.39, 0.29) is 17.8 Å². The van der Waals surface area contributed by atoms with Crippen molar-refractivity contribution >= 4 is 11.7 Å². The first-order chi connectivity index (χ1) is 9.58. The Balaban J connectivity index is 2.21. The van der Waals surface area contributed by atoms with Crippen molar-refractivity contribution in [1.29, 1.82) is 0 Å². The summed E-state index contributed by atoms with van der Waals surface area (Å²) in [5.41, 5.74) is 6.76. The van der Waals surface area contributed by atoms with Crippen LogP contribution in [0.3, 0.4) is 0 Å². The normalized spacial score (nSPS) is 23.1. The highest BCUT2D eigenvalue weighted by atomic mass is 16.4. The summed E-state index contributed by atoms with van der Waals surface area (Å²) in [6, 6.07) is 7.48. The summed E-state index contributed by atoms with van der Waals surface area (Å²) in [7, 11) is 0. The molecule has 0 aliphatic carbocycles. The first-order valence-corrected chi connectivity index (χ1v) is 6.99. The zero-order valence-corrected chi connectivity index (χ0v) is 11.9. The maximum atomic E-state index is 12.6. The lowest BCUT2D eigenvalue weighted by Gasteiger charge is -2.28. The van der Waals surface area contributed by atoms with Gasteiger partial charge in [0.2, 0.25) is 0 Å². The number of hydrogen-bond donors (Lipinski definition) is 2. The van der Waals surface area contributed by atoms with Gasteiger partial charge in [0.25, 0.3) is 5.91 Å². The van der Waals surface area contributed by atoms with E-state index in [1.807, 2.05) is 4.90 Å². The number of oxime groups is 1. The van der Waals surface area contributed by atoms with Crippen molar-refractivity contribution in [3.05, 3.63) is 35.4 Å². The van der Waals surface area contributed by atoms with Crippen molar-refractivity contribution in [3.8, 4) is 0 Å². The first kappa shape index (κ1) is 14.4. The van der Waals surface area contributed by atoms with Gasteiger partial charge in [-0.15, -0.1) is 0 Å². The van der Waals surface area contributed by atoms with Crippen LogP contribution >= 0.6 is 0 Å². The van der Waals surface area contributed by atoms with Crippen LogP contribution in [-0.4, -0.2) is 33.9 Å². The molecule has 1 aliphatic heterocycles. The summed E-state index contributed by atoms with van der Waals surface area (Å²) in [5, 5.41) is 11.6. The van der Waals surface area contributed by atoms with Crippen LogP contribution in [-0.2, 0) is 0 Å². The van der Waals surface area contributed by atoms with Crippen LogP contribution in [0.15, 0.2) is 29.4 Å². The molecule has 108 valence electrons. The van der Waals surface area contributed by atoms with E-state index in [1.54, 1.807) is 24.3 Å². The van der Waals surface area contributed by atoms with Gasteiger partial charge in [-0.05, 0) is 38.3 Å². The van der Waals surface area contributed by atoms with E-state index in [9.17, 15) is 4.79 Å². The lowest BCUT2D eigenvalue weighted by Crippen LogP contribution is -2.39. The van der Waals surface area contributed by atoms with Crippen LogP contribution < -0.4 is 5.73 Å². The molecule has 0 aromatic heterocycles. The molecule has 1 heterocycles. The van der Waals surface area contributed by atoms with Crippen LogP contribution in [0.2, 0.25) is 0 Å². The number of benzene rings is 1. The Morgan fingerprint density at radius 3 is 2.50 bits per heavy atom. The minimum atomic E-state index is 0.0463. The third kappa shape index (κ3) is 2.61. The van der Waals surface area contributed by atoms with E-state index < -0.39 is 0 Å². The molecule has 0 radical (unpaired) electrons. The van der Waals surface area contributed by atoms with Crippen molar-refractivity contribution in [1.82, 2.24) is 4.90 Å². The van der Waals surface area contributed by atoms with E-state index in [4.69, 9.17) is 10.9 Å². The Hall–Kier alpha value is -2.04. The minimum absolute atomic E-state index is 0.0463. The maximum Gasteiger partial charge on any atom is 0.254 e. The fraction of sp³-hybridized carbons (Fsp3) is 0.467. The Morgan fingerprint density at radius 1 is 1.35 bits per heavy atom. The van der Waals surface area contributed by atoms with E-state index in [2.05, 4.69) is 19.0 Å². The molecule has 2 atom stereocenters. The number of rotatable bonds is 3. The summed E-state index contributed by atoms with van der Waals surface area (Å²) in [5.74, 6) is 0.109. The van der Waals surface area contributed by atoms with Gasteiger partial charge in [0.1, 0.15) is 0 Å². The third-order valence-electron chi connectivity index (χ3n) is 4.03. The molecule has 1 aromatic rings. The molecule has 0 bridgehead atoms. The summed E-state index contributed by atoms with van der Waals surface area (Å²) < 4.78 is 0. The van der Waals surface area contributed by atoms with Gasteiger partial charge < -0.3 is 15.8 Å². The van der Waals surface area contributed by atoms with E-state index in [0.717, 1.165) is 19.3 Å². The fourth-order valence-electron chi connectivity index (χ4n) is 2.83. The molecule has 0 spiro atoms. The molecule has 0 saturated carbocycles. The summed E-state index contributed by atoms with van der Waals surface area (Å²) in [6.07, 6.45) is 3.12. The molecule has 1 saturated heterocycles. The number of amides is 1. The predicted molar refractivity (Wildman–Crippen MR) is 77.9 cm³/mol. The smallest absolute Gasteiger partial charge is 0.254 e. The quantitative estimate of drug-likeness (QED) is 0.384. The molecule has 1 aromatic carbocycles. The molecule has 20 heavy (non-hydrogen) atoms. The second kappa shape index (κ2) is 5.94. The second-order valence-electron chi connectivity index (χ2n) is 5.26. The number of carbonyl (C=O) groups excluding carboxylic acids is 1. The van der Waals surface area contributed by atoms with Crippen LogP contribution in [0.4, 0.5) is 0 Å². The van der Waals surface area contributed by atoms with Crippen LogP contribution in [0, 0.1) is 0 Å². The fourth-order valence-corrected chi connectivity index (χ4v) is 2.83. The molecular formula is C15H21N3O2. The lowest BCUT2D eigenvalue weighted by molar-refractivity contribution is 0.0676. The van der Waals surface area contributed by atoms with E-state index in [1.165, 1.54) is 0 Å². The van der Waals surface area contributed by atoms with Crippen molar-refractivity contribution < 1.29 is 10.0 Å². The molecule has 5 nitrogen and oxygen atoms in total. The van der Waals surface area contributed by atoms with Crippen LogP contribution in [0.1, 0.15) is 49.0 Å². The number of nitrogens with two attached hydrogens (primary N) is 1. The van der Waals surface area contributed by atoms with Gasteiger partial charge in [0, 0.05) is 23.2 Å². The summed E-state index contributed by atoms with van der Waals surface area (Å²) >= 11 is 0. The minimum Gasteiger partial charge on any atom is -0.409 e. The van der Waals surface area contributed by atoms with Gasteiger partial charge in [-0.25, -0.2) is 0 Å². The van der Waals surface area contributed by atoms with Gasteiger partial charge in [0.15, 0.2) is 5.84 Å². The maximum absolute atomic E-state index is 12.6. The molecule has 5 heteroatoms. The highest BCUT2D eigenvalue weighted by molar-refractivity contribution is 5.99. The molecular weight excluding hydrogens is 254 g/mol. The summed E-state index contributed by atoms with van der Waals surface area (Å²) in [4.78, 5) is 14.6. The van der Waals surface area contributed by atoms with Gasteiger partial charge in [0.05, 0.1) is 0 Å². The highest BCUT2D eigenvalue weighted by Crippen LogP contribution is 2.27. The molecule has 1 fully saturated rings. The number of likely N-dealkylation sites (tertiary alicyclic amines) is 1. The van der Waals surface area contributed by atoms with Crippen LogP contribution in [0.25, 0.3) is 0 Å². The van der Waals surface area contributed by atoms with Gasteiger partial charge in [-0.1, -0.05) is 24.2 Å². The predicted octanol–water partition coefficient (Wildman–Crippen LogP) is 2.18. The van der Waals surface area contributed by atoms with Gasteiger partial charge in [-0.3, -0.25) is 4.79 Å². The zero-order valence-electron chi connectivity index (χ0n) is 11.9. The van der Waals surface area contributed by atoms with Crippen molar-refractivity contribution in [3.63, 3.8) is 0 Å². The van der Waals surface area contributed by atoms with Crippen molar-refractivity contribution in [2.24, 2.45) is 10.9 Å². The number of amidine groups is 1. The standard InChI is InChI=1S/C15H21N3O2/c1-3-13-9-4-10(2)18(13)15(19)12-7-5-11(6-8-12)14(16)17-20/h5-8,10,13,20H,3-4,9H2,1-2H3,(H2,16,17). The van der Waals surface area contributed by atoms with E-state index >= 15 is 0 Å². The molecule has 1 amide bonds. The Bertz CT molecular complexity index is 510. The second-order valence-corrected chi connectivity index (χ2v) is 5.26. The molecule has 2 rings (SSSR count). The SMILES string of the molecule is CCC1CCC(C)N1C(=O)c1ccc(/C(N)=N/O)cc1. The van der Waals surface area contributed by atoms with E-state index in [0.29, 0.717) is 17.2 Å². The number of nitrogens with zero attached hydrogens (tertiary/aromatic N) is 2. The Labute approximate surface area is 119 Å². The van der Waals surface area contributed by atoms with Crippen molar-refractivity contribution in [2.75, 3.05) is 0 Å². The first-order valence-electron chi connectivity index (χ1n) is 6.99. The molecule has 2 unspecified atom stereocenters. The van der Waals surface area contributed by atoms with Crippen molar-refractivity contribution in [2.45, 2.75) is 45.2 Å². The zero-order chi connectivity index (χ0) is 14.7. The Kier molecular flexibility index (Phi) is 4.27. The molecule has 1 aliphatic rings. The largest absolute Gasteiger partial charge is 0.409 e. The third-order valence-corrected chi connectivity index (χ3v) is 4.03. The molecule has 3 N–H and O–H groups in total. The van der Waals surface area contributed by atoms with Gasteiger partial charge >= 0.3 is 0 Å². The number of carbonyl (C=O) groups is 1. The highest BCUT2D eigenvalue weighted by Gasteiger charge is 2.33. The Morgan fingerprint density at radius 2 is 1.95 bits per heavy atom. The average Bonchev–Trinajstić information content (AvgIpc) is 2.86. The lowest BCUT2D eigenvalue weighted by atomic mass is 10.1. The van der Waals surface area contributed by atoms with Crippen LogP contribution in [0.5, 0.6) is 0 Å². The summed E-state index contributed by atoms with van der Waals surface area (Å²) in [6.45, 7) is 4.21.